The van der Waals surface area contributed by atoms with E-state index in [4.69, 9.17) is 0 Å². The predicted molar refractivity (Wildman–Crippen MR) is 91.4 cm³/mol. The highest BCUT2D eigenvalue weighted by Gasteiger charge is 2.21. The van der Waals surface area contributed by atoms with Crippen LogP contribution >= 0.6 is 0 Å². The molecule has 6 heteroatoms. The van der Waals surface area contributed by atoms with Crippen LogP contribution in [0.5, 0.6) is 0 Å². The number of benzene rings is 1. The number of aromatic nitrogens is 2. The largest absolute Gasteiger partial charge is 0.480 e. The zero-order valence-electron chi connectivity index (χ0n) is 14.0. The van der Waals surface area contributed by atoms with E-state index >= 15 is 0 Å². The molecular weight excluding hydrogens is 306 g/mol. The van der Waals surface area contributed by atoms with Gasteiger partial charge in [-0.15, -0.1) is 0 Å². The fourth-order valence-electron chi connectivity index (χ4n) is 2.26. The Bertz CT molecular complexity index is 760. The Morgan fingerprint density at radius 2 is 1.96 bits per heavy atom. The number of carbonyl (C=O) groups excluding carboxylic acids is 1. The minimum absolute atomic E-state index is 0.194. The van der Waals surface area contributed by atoms with Crippen molar-refractivity contribution in [2.24, 2.45) is 0 Å². The Balaban J connectivity index is 2.20. The van der Waals surface area contributed by atoms with Gasteiger partial charge in [-0.1, -0.05) is 29.8 Å². The Hall–Kier alpha value is -2.89. The highest BCUT2D eigenvalue weighted by Crippen LogP contribution is 2.13. The van der Waals surface area contributed by atoms with Crippen molar-refractivity contribution >= 4 is 11.9 Å². The Morgan fingerprint density at radius 3 is 2.54 bits per heavy atom. The lowest BCUT2D eigenvalue weighted by Gasteiger charge is -2.11. The van der Waals surface area contributed by atoms with Crippen LogP contribution in [0.3, 0.4) is 0 Å². The third-order valence-electron chi connectivity index (χ3n) is 3.61. The van der Waals surface area contributed by atoms with E-state index in [1.165, 1.54) is 0 Å². The maximum absolute atomic E-state index is 12.3. The van der Waals surface area contributed by atoms with Crippen molar-refractivity contribution in [3.63, 3.8) is 0 Å². The summed E-state index contributed by atoms with van der Waals surface area (Å²) in [5.74, 6) is -1.57. The molecule has 1 aromatic carbocycles. The van der Waals surface area contributed by atoms with Gasteiger partial charge in [0.1, 0.15) is 6.04 Å². The van der Waals surface area contributed by atoms with Gasteiger partial charge >= 0.3 is 5.97 Å². The second-order valence-corrected chi connectivity index (χ2v) is 5.59. The first-order chi connectivity index (χ1) is 11.4. The highest BCUT2D eigenvalue weighted by molar-refractivity contribution is 5.95. The van der Waals surface area contributed by atoms with Crippen LogP contribution < -0.4 is 5.32 Å². The van der Waals surface area contributed by atoms with Gasteiger partial charge in [-0.3, -0.25) is 4.79 Å². The Labute approximate surface area is 140 Å². The van der Waals surface area contributed by atoms with Gasteiger partial charge in [0.25, 0.3) is 5.91 Å². The van der Waals surface area contributed by atoms with Gasteiger partial charge in [-0.05, 0) is 45.4 Å². The summed E-state index contributed by atoms with van der Waals surface area (Å²) in [6.45, 7) is 5.64. The molecule has 0 bridgehead atoms. The molecule has 24 heavy (non-hydrogen) atoms. The van der Waals surface area contributed by atoms with E-state index in [-0.39, 0.29) is 12.1 Å². The number of allylic oxidation sites excluding steroid dienone is 1. The van der Waals surface area contributed by atoms with E-state index in [0.29, 0.717) is 0 Å². The second kappa shape index (κ2) is 7.59. The van der Waals surface area contributed by atoms with Crippen LogP contribution in [0.4, 0.5) is 0 Å². The molecule has 1 aromatic heterocycles. The van der Waals surface area contributed by atoms with E-state index in [9.17, 15) is 14.7 Å². The molecule has 1 heterocycles. The summed E-state index contributed by atoms with van der Waals surface area (Å²) < 4.78 is 1.66. The van der Waals surface area contributed by atoms with Crippen LogP contribution in [0, 0.1) is 13.8 Å². The van der Waals surface area contributed by atoms with Crippen molar-refractivity contribution in [2.75, 3.05) is 0 Å². The van der Waals surface area contributed by atoms with Gasteiger partial charge in [-0.2, -0.15) is 5.10 Å². The molecule has 0 saturated carbocycles. The molecule has 1 unspecified atom stereocenters. The quantitative estimate of drug-likeness (QED) is 0.799. The van der Waals surface area contributed by atoms with E-state index in [1.807, 2.05) is 38.1 Å². The third-order valence-corrected chi connectivity index (χ3v) is 3.61. The first-order valence-electron chi connectivity index (χ1n) is 7.71. The van der Waals surface area contributed by atoms with Crippen molar-refractivity contribution < 1.29 is 14.7 Å². The minimum atomic E-state index is -1.07. The molecule has 1 amide bonds. The van der Waals surface area contributed by atoms with E-state index in [0.717, 1.165) is 16.9 Å². The van der Waals surface area contributed by atoms with Crippen LogP contribution in [-0.2, 0) is 4.79 Å². The molecule has 2 rings (SSSR count). The highest BCUT2D eigenvalue weighted by atomic mass is 16.4. The average Bonchev–Trinajstić information content (AvgIpc) is 2.93. The molecule has 0 spiro atoms. The van der Waals surface area contributed by atoms with Crippen molar-refractivity contribution in [1.29, 1.82) is 0 Å². The van der Waals surface area contributed by atoms with Gasteiger partial charge < -0.3 is 10.4 Å². The molecule has 126 valence electrons. The molecule has 0 fully saturated rings. The van der Waals surface area contributed by atoms with E-state index in [2.05, 4.69) is 10.4 Å². The third kappa shape index (κ3) is 4.10. The number of carboxylic acid groups (broad SMARTS) is 1. The van der Waals surface area contributed by atoms with Crippen LogP contribution in [0.25, 0.3) is 5.69 Å². The zero-order valence-corrected chi connectivity index (χ0v) is 14.0. The normalized spacial score (nSPS) is 12.3. The minimum Gasteiger partial charge on any atom is -0.480 e. The maximum Gasteiger partial charge on any atom is 0.326 e. The molecule has 6 nitrogen and oxygen atoms in total. The number of carboxylic acids is 1. The molecule has 1 atom stereocenters. The van der Waals surface area contributed by atoms with Crippen LogP contribution in [0.1, 0.15) is 35.1 Å². The lowest BCUT2D eigenvalue weighted by molar-refractivity contribution is -0.139. The van der Waals surface area contributed by atoms with Gasteiger partial charge in [0, 0.05) is 5.69 Å². The van der Waals surface area contributed by atoms with Gasteiger partial charge in [-0.25, -0.2) is 9.48 Å². The van der Waals surface area contributed by atoms with E-state index < -0.39 is 17.9 Å². The van der Waals surface area contributed by atoms with Gasteiger partial charge in [0.2, 0.25) is 0 Å². The summed E-state index contributed by atoms with van der Waals surface area (Å²) in [7, 11) is 0. The lowest BCUT2D eigenvalue weighted by atomic mass is 10.2. The monoisotopic (exact) mass is 327 g/mol. The number of hydrogen-bond donors (Lipinski definition) is 2. The SMILES string of the molecule is C/C=C/CC(NC(=O)c1cc(C)n(-c2ccc(C)cc2)n1)C(=O)O. The first-order valence-corrected chi connectivity index (χ1v) is 7.71. The van der Waals surface area contributed by atoms with Crippen LogP contribution in [0.15, 0.2) is 42.5 Å². The summed E-state index contributed by atoms with van der Waals surface area (Å²) in [6, 6.07) is 8.44. The molecule has 0 saturated heterocycles. The fourth-order valence-corrected chi connectivity index (χ4v) is 2.26. The summed E-state index contributed by atoms with van der Waals surface area (Å²) in [5, 5.41) is 16.0. The van der Waals surface area contributed by atoms with Crippen LogP contribution in [0.2, 0.25) is 0 Å². The number of aryl methyl sites for hydroxylation is 2. The standard InChI is InChI=1S/C18H21N3O3/c1-4-5-6-15(18(23)24)19-17(22)16-11-13(3)21(20-16)14-9-7-12(2)8-10-14/h4-5,7-11,15H,6H2,1-3H3,(H,19,22)(H,23,24)/b5-4+. The average molecular weight is 327 g/mol. The molecule has 0 aliphatic rings. The van der Waals surface area contributed by atoms with Crippen molar-refractivity contribution in [2.45, 2.75) is 33.2 Å². The van der Waals surface area contributed by atoms with Crippen molar-refractivity contribution in [1.82, 2.24) is 15.1 Å². The smallest absolute Gasteiger partial charge is 0.326 e. The molecule has 0 aliphatic heterocycles. The number of aliphatic carboxylic acids is 1. The number of nitrogens with zero attached hydrogens (tertiary/aromatic N) is 2. The number of carbonyl (C=O) groups is 2. The summed E-state index contributed by atoms with van der Waals surface area (Å²) in [5.41, 5.74) is 2.97. The van der Waals surface area contributed by atoms with Crippen molar-refractivity contribution in [3.05, 3.63) is 59.4 Å². The topological polar surface area (TPSA) is 84.2 Å². The zero-order chi connectivity index (χ0) is 17.7. The maximum atomic E-state index is 12.3. The van der Waals surface area contributed by atoms with Gasteiger partial charge in [0.15, 0.2) is 5.69 Å². The molecule has 0 aliphatic carbocycles. The summed E-state index contributed by atoms with van der Waals surface area (Å²) >= 11 is 0. The van der Waals surface area contributed by atoms with Crippen LogP contribution in [-0.4, -0.2) is 32.8 Å². The lowest BCUT2D eigenvalue weighted by Crippen LogP contribution is -2.40. The fraction of sp³-hybridized carbons (Fsp3) is 0.278. The Kier molecular flexibility index (Phi) is 5.52. The van der Waals surface area contributed by atoms with Gasteiger partial charge in [0.05, 0.1) is 5.69 Å². The van der Waals surface area contributed by atoms with Crippen molar-refractivity contribution in [3.8, 4) is 5.69 Å². The molecule has 2 N–H and O–H groups in total. The number of amides is 1. The number of hydrogen-bond acceptors (Lipinski definition) is 3. The number of rotatable bonds is 6. The molecule has 0 radical (unpaired) electrons. The molecular formula is C18H21N3O3. The predicted octanol–water partition coefficient (Wildman–Crippen LogP) is 2.64. The molecule has 2 aromatic rings. The number of nitrogens with one attached hydrogen (secondary N) is 1. The second-order valence-electron chi connectivity index (χ2n) is 5.59. The summed E-state index contributed by atoms with van der Waals surface area (Å²) in [4.78, 5) is 23.5. The van der Waals surface area contributed by atoms with E-state index in [1.54, 1.807) is 29.8 Å². The Morgan fingerprint density at radius 1 is 1.29 bits per heavy atom. The first kappa shape index (κ1) is 17.5. The summed E-state index contributed by atoms with van der Waals surface area (Å²) in [6.07, 6.45) is 3.68.